The molecule has 8 nitrogen and oxygen atoms in total. The van der Waals surface area contributed by atoms with Crippen LogP contribution in [-0.4, -0.2) is 36.2 Å². The molecule has 0 aliphatic heterocycles. The molecule has 3 N–H and O–H groups in total. The number of carboxylic acid groups (broad SMARTS) is 1. The number of hydrogen-bond acceptors (Lipinski definition) is 6. The van der Waals surface area contributed by atoms with E-state index in [0.717, 1.165) is 5.69 Å². The van der Waals surface area contributed by atoms with E-state index in [-0.39, 0.29) is 12.5 Å². The summed E-state index contributed by atoms with van der Waals surface area (Å²) in [6.07, 6.45) is 1.34. The summed E-state index contributed by atoms with van der Waals surface area (Å²) >= 11 is 0. The maximum atomic E-state index is 10.6. The maximum Gasteiger partial charge on any atom is 0.311 e. The summed E-state index contributed by atoms with van der Waals surface area (Å²) in [7, 11) is 0. The van der Waals surface area contributed by atoms with E-state index in [1.54, 1.807) is 0 Å². The summed E-state index contributed by atoms with van der Waals surface area (Å²) in [5, 5.41) is 18.5. The number of H-pyrrole nitrogens is 1. The average Bonchev–Trinajstić information content (AvgIpc) is 2.86. The molecular formula is C13H18N6O2. The van der Waals surface area contributed by atoms with Crippen LogP contribution in [0.2, 0.25) is 0 Å². The number of aromatic nitrogens is 5. The Morgan fingerprint density at radius 2 is 2.14 bits per heavy atom. The van der Waals surface area contributed by atoms with E-state index >= 15 is 0 Å². The summed E-state index contributed by atoms with van der Waals surface area (Å²) in [5.41, 5.74) is 0.946. The monoisotopic (exact) mass is 290 g/mol. The van der Waals surface area contributed by atoms with Crippen LogP contribution < -0.4 is 5.32 Å². The highest BCUT2D eigenvalue weighted by molar-refractivity contribution is 5.68. The molecule has 2 heterocycles. The van der Waals surface area contributed by atoms with E-state index in [1.165, 1.54) is 6.33 Å². The highest BCUT2D eigenvalue weighted by Gasteiger charge is 2.14. The number of nitrogens with one attached hydrogen (secondary N) is 2. The van der Waals surface area contributed by atoms with Gasteiger partial charge in [0.1, 0.15) is 24.4 Å². The topological polar surface area (TPSA) is 117 Å². The van der Waals surface area contributed by atoms with E-state index in [2.05, 4.69) is 44.3 Å². The lowest BCUT2D eigenvalue weighted by atomic mass is 10.1. The quantitative estimate of drug-likeness (QED) is 0.738. The van der Waals surface area contributed by atoms with Gasteiger partial charge in [-0.3, -0.25) is 9.89 Å². The van der Waals surface area contributed by atoms with Crippen LogP contribution in [0, 0.1) is 0 Å². The Morgan fingerprint density at radius 3 is 2.81 bits per heavy atom. The first-order valence-corrected chi connectivity index (χ1v) is 6.67. The summed E-state index contributed by atoms with van der Waals surface area (Å²) in [5.74, 6) is 0.878. The molecule has 0 fully saturated rings. The van der Waals surface area contributed by atoms with Crippen molar-refractivity contribution in [3.8, 4) is 0 Å². The van der Waals surface area contributed by atoms with Crippen LogP contribution in [0.15, 0.2) is 12.4 Å². The number of anilines is 1. The molecule has 0 saturated heterocycles. The smallest absolute Gasteiger partial charge is 0.311 e. The second-order valence-corrected chi connectivity index (χ2v) is 5.06. The predicted molar refractivity (Wildman–Crippen MR) is 75.9 cm³/mol. The molecule has 0 spiro atoms. The minimum absolute atomic E-state index is 0.176. The van der Waals surface area contributed by atoms with Gasteiger partial charge >= 0.3 is 5.97 Å². The Balaban J connectivity index is 2.07. The highest BCUT2D eigenvalue weighted by atomic mass is 16.4. The molecule has 112 valence electrons. The van der Waals surface area contributed by atoms with Gasteiger partial charge in [0.2, 0.25) is 0 Å². The van der Waals surface area contributed by atoms with E-state index in [9.17, 15) is 4.79 Å². The van der Waals surface area contributed by atoms with Crippen LogP contribution in [0.25, 0.3) is 0 Å². The molecule has 0 bridgehead atoms. The molecular weight excluding hydrogens is 272 g/mol. The minimum atomic E-state index is -0.948. The van der Waals surface area contributed by atoms with Gasteiger partial charge in [-0.1, -0.05) is 13.8 Å². The average molecular weight is 290 g/mol. The molecule has 1 atom stereocenters. The van der Waals surface area contributed by atoms with E-state index in [4.69, 9.17) is 5.11 Å². The molecule has 0 radical (unpaired) electrons. The predicted octanol–water partition coefficient (Wildman–Crippen LogP) is 1.52. The second kappa shape index (κ2) is 6.29. The lowest BCUT2D eigenvalue weighted by Crippen LogP contribution is -2.11. The Morgan fingerprint density at radius 1 is 1.38 bits per heavy atom. The van der Waals surface area contributed by atoms with Crippen molar-refractivity contribution in [1.29, 1.82) is 0 Å². The number of aromatic amines is 1. The SMILES string of the molecule is CC(C)c1cc(NC(C)c2n[nH]c(CC(=O)O)n2)ncn1. The number of aliphatic carboxylic acids is 1. The zero-order valence-electron chi connectivity index (χ0n) is 12.2. The van der Waals surface area contributed by atoms with E-state index in [0.29, 0.717) is 23.4 Å². The maximum absolute atomic E-state index is 10.6. The van der Waals surface area contributed by atoms with Crippen LogP contribution in [0.1, 0.15) is 50.1 Å². The Kier molecular flexibility index (Phi) is 4.46. The van der Waals surface area contributed by atoms with Crippen molar-refractivity contribution in [2.75, 3.05) is 5.32 Å². The molecule has 2 aromatic rings. The van der Waals surface area contributed by atoms with Gasteiger partial charge in [-0.2, -0.15) is 5.10 Å². The number of rotatable bonds is 6. The minimum Gasteiger partial charge on any atom is -0.481 e. The zero-order chi connectivity index (χ0) is 15.4. The van der Waals surface area contributed by atoms with Crippen LogP contribution in [-0.2, 0) is 11.2 Å². The van der Waals surface area contributed by atoms with Gasteiger partial charge in [0.15, 0.2) is 5.82 Å². The fourth-order valence-corrected chi connectivity index (χ4v) is 1.78. The number of hydrogen-bond donors (Lipinski definition) is 3. The zero-order valence-corrected chi connectivity index (χ0v) is 12.2. The molecule has 21 heavy (non-hydrogen) atoms. The number of carboxylic acids is 1. The number of carbonyl (C=O) groups is 1. The van der Waals surface area contributed by atoms with Gasteiger partial charge in [0.25, 0.3) is 0 Å². The summed E-state index contributed by atoms with van der Waals surface area (Å²) in [4.78, 5) is 23.1. The van der Waals surface area contributed by atoms with Crippen molar-refractivity contribution in [1.82, 2.24) is 25.1 Å². The first-order chi connectivity index (χ1) is 9.95. The normalized spacial score (nSPS) is 12.4. The molecule has 0 aliphatic carbocycles. The van der Waals surface area contributed by atoms with Crippen molar-refractivity contribution < 1.29 is 9.90 Å². The molecule has 2 aromatic heterocycles. The Labute approximate surface area is 122 Å². The Bertz CT molecular complexity index is 625. The fraction of sp³-hybridized carbons (Fsp3) is 0.462. The summed E-state index contributed by atoms with van der Waals surface area (Å²) in [6, 6.07) is 1.69. The van der Waals surface area contributed by atoms with Crippen LogP contribution in [0.3, 0.4) is 0 Å². The number of nitrogens with zero attached hydrogens (tertiary/aromatic N) is 4. The van der Waals surface area contributed by atoms with Crippen LogP contribution in [0.4, 0.5) is 5.82 Å². The molecule has 0 saturated carbocycles. The molecule has 2 rings (SSSR count). The van der Waals surface area contributed by atoms with Gasteiger partial charge in [-0.25, -0.2) is 15.0 Å². The third-order valence-corrected chi connectivity index (χ3v) is 2.90. The van der Waals surface area contributed by atoms with E-state index in [1.807, 2.05) is 13.0 Å². The Hall–Kier alpha value is -2.51. The lowest BCUT2D eigenvalue weighted by Gasteiger charge is -2.12. The first kappa shape index (κ1) is 14.9. The van der Waals surface area contributed by atoms with Crippen molar-refractivity contribution in [2.45, 2.75) is 39.2 Å². The second-order valence-electron chi connectivity index (χ2n) is 5.06. The van der Waals surface area contributed by atoms with Gasteiger partial charge in [-0.05, 0) is 12.8 Å². The molecule has 8 heteroatoms. The van der Waals surface area contributed by atoms with Crippen molar-refractivity contribution in [3.05, 3.63) is 29.7 Å². The third kappa shape index (κ3) is 3.98. The molecule has 1 unspecified atom stereocenters. The van der Waals surface area contributed by atoms with Gasteiger partial charge < -0.3 is 10.4 Å². The van der Waals surface area contributed by atoms with Gasteiger partial charge in [0, 0.05) is 11.8 Å². The standard InChI is InChI=1S/C13H18N6O2/c1-7(2)9-4-10(15-6-14-9)16-8(3)13-17-11(18-19-13)5-12(20)21/h4,6-8H,5H2,1-3H3,(H,20,21)(H,14,15,16)(H,17,18,19). The van der Waals surface area contributed by atoms with Gasteiger partial charge in [0.05, 0.1) is 6.04 Å². The lowest BCUT2D eigenvalue weighted by molar-refractivity contribution is -0.136. The van der Waals surface area contributed by atoms with Crippen molar-refractivity contribution in [3.63, 3.8) is 0 Å². The fourth-order valence-electron chi connectivity index (χ4n) is 1.78. The van der Waals surface area contributed by atoms with Gasteiger partial charge in [-0.15, -0.1) is 0 Å². The molecule has 0 aliphatic rings. The highest BCUT2D eigenvalue weighted by Crippen LogP contribution is 2.18. The molecule has 0 aromatic carbocycles. The first-order valence-electron chi connectivity index (χ1n) is 6.67. The van der Waals surface area contributed by atoms with Crippen molar-refractivity contribution in [2.24, 2.45) is 0 Å². The third-order valence-electron chi connectivity index (χ3n) is 2.90. The largest absolute Gasteiger partial charge is 0.481 e. The summed E-state index contributed by atoms with van der Waals surface area (Å²) in [6.45, 7) is 6.00. The van der Waals surface area contributed by atoms with Crippen LogP contribution >= 0.6 is 0 Å². The van der Waals surface area contributed by atoms with Crippen LogP contribution in [0.5, 0.6) is 0 Å². The molecule has 0 amide bonds. The summed E-state index contributed by atoms with van der Waals surface area (Å²) < 4.78 is 0. The van der Waals surface area contributed by atoms with E-state index < -0.39 is 5.97 Å². The van der Waals surface area contributed by atoms with Crippen molar-refractivity contribution >= 4 is 11.8 Å².